The molecule has 14 heavy (non-hydrogen) atoms. The van der Waals surface area contributed by atoms with E-state index < -0.39 is 0 Å². The Bertz CT molecular complexity index is 457. The van der Waals surface area contributed by atoms with E-state index in [0.29, 0.717) is 0 Å². The summed E-state index contributed by atoms with van der Waals surface area (Å²) in [6.45, 7) is 2.05. The van der Waals surface area contributed by atoms with E-state index in [2.05, 4.69) is 19.1 Å². The van der Waals surface area contributed by atoms with E-state index >= 15 is 0 Å². The molecule has 0 amide bonds. The van der Waals surface area contributed by atoms with Crippen LogP contribution in [0.2, 0.25) is 0 Å². The van der Waals surface area contributed by atoms with Crippen LogP contribution in [-0.2, 0) is 0 Å². The van der Waals surface area contributed by atoms with Gasteiger partial charge in [-0.25, -0.2) is 0 Å². The van der Waals surface area contributed by atoms with Gasteiger partial charge in [-0.1, -0.05) is 29.8 Å². The van der Waals surface area contributed by atoms with Crippen LogP contribution in [0.25, 0.3) is 11.1 Å². The minimum absolute atomic E-state index is 0.801. The number of hydrogen-bond donors (Lipinski definition) is 0. The molecular formula is C12H10OS. The van der Waals surface area contributed by atoms with E-state index in [1.165, 1.54) is 16.9 Å². The Morgan fingerprint density at radius 1 is 1.29 bits per heavy atom. The van der Waals surface area contributed by atoms with Gasteiger partial charge in [0.2, 0.25) is 0 Å². The van der Waals surface area contributed by atoms with E-state index in [9.17, 15) is 4.79 Å². The van der Waals surface area contributed by atoms with Gasteiger partial charge in [-0.2, -0.15) is 0 Å². The molecule has 0 fully saturated rings. The number of aryl methyl sites for hydroxylation is 1. The molecular weight excluding hydrogens is 192 g/mol. The molecule has 1 heterocycles. The lowest BCUT2D eigenvalue weighted by atomic mass is 10.0. The van der Waals surface area contributed by atoms with Crippen LogP contribution < -0.4 is 0 Å². The molecule has 70 valence electrons. The zero-order valence-corrected chi connectivity index (χ0v) is 8.67. The molecule has 0 bridgehead atoms. The molecule has 0 spiro atoms. The number of carbonyl (C=O) groups excluding carboxylic acids is 1. The van der Waals surface area contributed by atoms with Crippen molar-refractivity contribution in [2.75, 3.05) is 0 Å². The molecule has 2 aromatic rings. The summed E-state index contributed by atoms with van der Waals surface area (Å²) in [5, 5.41) is 1.95. The minimum atomic E-state index is 0.801. The first-order valence-electron chi connectivity index (χ1n) is 4.41. The van der Waals surface area contributed by atoms with Crippen molar-refractivity contribution in [2.45, 2.75) is 6.92 Å². The Labute approximate surface area is 87.0 Å². The van der Waals surface area contributed by atoms with Crippen LogP contribution in [0.1, 0.15) is 15.2 Å². The van der Waals surface area contributed by atoms with Crippen LogP contribution in [-0.4, -0.2) is 6.29 Å². The van der Waals surface area contributed by atoms with Gasteiger partial charge in [-0.3, -0.25) is 4.79 Å². The van der Waals surface area contributed by atoms with Gasteiger partial charge in [0, 0.05) is 5.56 Å². The molecule has 2 heteroatoms. The van der Waals surface area contributed by atoms with Crippen molar-refractivity contribution in [3.8, 4) is 11.1 Å². The molecule has 1 aromatic carbocycles. The zero-order valence-electron chi connectivity index (χ0n) is 7.86. The normalized spacial score (nSPS) is 10.1. The largest absolute Gasteiger partial charge is 0.297 e. The predicted molar refractivity (Wildman–Crippen MR) is 59.9 cm³/mol. The first kappa shape index (κ1) is 9.16. The highest BCUT2D eigenvalue weighted by molar-refractivity contribution is 7.12. The summed E-state index contributed by atoms with van der Waals surface area (Å²) in [4.78, 5) is 11.6. The molecule has 0 aliphatic rings. The van der Waals surface area contributed by atoms with E-state index in [4.69, 9.17) is 0 Å². The minimum Gasteiger partial charge on any atom is -0.297 e. The van der Waals surface area contributed by atoms with Crippen molar-refractivity contribution in [3.05, 3.63) is 46.2 Å². The number of aldehydes is 1. The summed E-state index contributed by atoms with van der Waals surface area (Å²) < 4.78 is 0. The first-order chi connectivity index (χ1) is 6.81. The second-order valence-electron chi connectivity index (χ2n) is 3.19. The number of benzene rings is 1. The third kappa shape index (κ3) is 1.61. The lowest BCUT2D eigenvalue weighted by Crippen LogP contribution is -1.81. The third-order valence-electron chi connectivity index (χ3n) is 2.13. The van der Waals surface area contributed by atoms with Crippen LogP contribution >= 0.6 is 11.3 Å². The van der Waals surface area contributed by atoms with Crippen molar-refractivity contribution in [3.63, 3.8) is 0 Å². The number of hydrogen-bond acceptors (Lipinski definition) is 2. The Hall–Kier alpha value is -1.41. The van der Waals surface area contributed by atoms with Gasteiger partial charge < -0.3 is 0 Å². The third-order valence-corrected chi connectivity index (χ3v) is 2.97. The summed E-state index contributed by atoms with van der Waals surface area (Å²) >= 11 is 1.48. The summed E-state index contributed by atoms with van der Waals surface area (Å²) in [6.07, 6.45) is 0.919. The second kappa shape index (κ2) is 3.76. The highest BCUT2D eigenvalue weighted by atomic mass is 32.1. The van der Waals surface area contributed by atoms with E-state index in [1.54, 1.807) is 0 Å². The average Bonchev–Trinajstić information content (AvgIpc) is 2.65. The van der Waals surface area contributed by atoms with Crippen molar-refractivity contribution in [1.29, 1.82) is 0 Å². The standard InChI is InChI=1S/C12H10OS/c1-9-3-2-4-10(7-9)11-5-6-14-12(11)8-13/h2-8H,1H3. The maximum Gasteiger partial charge on any atom is 0.160 e. The van der Waals surface area contributed by atoms with Crippen LogP contribution in [0.15, 0.2) is 35.7 Å². The van der Waals surface area contributed by atoms with E-state index in [0.717, 1.165) is 22.3 Å². The molecule has 0 atom stereocenters. The van der Waals surface area contributed by atoms with Crippen LogP contribution in [0.4, 0.5) is 0 Å². The maximum atomic E-state index is 10.8. The van der Waals surface area contributed by atoms with E-state index in [-0.39, 0.29) is 0 Å². The summed E-state index contributed by atoms with van der Waals surface area (Å²) in [7, 11) is 0. The highest BCUT2D eigenvalue weighted by Gasteiger charge is 2.05. The molecule has 0 saturated heterocycles. The van der Waals surface area contributed by atoms with E-state index in [1.807, 2.05) is 23.6 Å². The molecule has 0 aliphatic carbocycles. The van der Waals surface area contributed by atoms with Gasteiger partial charge in [-0.05, 0) is 23.9 Å². The van der Waals surface area contributed by atoms with Crippen LogP contribution in [0, 0.1) is 6.92 Å². The quantitative estimate of drug-likeness (QED) is 0.681. The van der Waals surface area contributed by atoms with Gasteiger partial charge in [0.25, 0.3) is 0 Å². The maximum absolute atomic E-state index is 10.8. The summed E-state index contributed by atoms with van der Waals surface area (Å²) in [5.74, 6) is 0. The smallest absolute Gasteiger partial charge is 0.160 e. The first-order valence-corrected chi connectivity index (χ1v) is 5.29. The molecule has 1 nitrogen and oxygen atoms in total. The topological polar surface area (TPSA) is 17.1 Å². The number of thiophene rings is 1. The van der Waals surface area contributed by atoms with Crippen molar-refractivity contribution in [2.24, 2.45) is 0 Å². The molecule has 1 aromatic heterocycles. The number of carbonyl (C=O) groups is 1. The summed E-state index contributed by atoms with van der Waals surface area (Å²) in [5.41, 5.74) is 3.37. The Morgan fingerprint density at radius 2 is 2.14 bits per heavy atom. The SMILES string of the molecule is Cc1cccc(-c2ccsc2C=O)c1. The molecule has 0 radical (unpaired) electrons. The second-order valence-corrected chi connectivity index (χ2v) is 4.13. The summed E-state index contributed by atoms with van der Waals surface area (Å²) in [6, 6.07) is 10.2. The molecule has 2 rings (SSSR count). The number of rotatable bonds is 2. The zero-order chi connectivity index (χ0) is 9.97. The van der Waals surface area contributed by atoms with Gasteiger partial charge in [-0.15, -0.1) is 11.3 Å². The van der Waals surface area contributed by atoms with Gasteiger partial charge in [0.05, 0.1) is 4.88 Å². The fraction of sp³-hybridized carbons (Fsp3) is 0.0833. The molecule has 0 unspecified atom stereocenters. The van der Waals surface area contributed by atoms with Gasteiger partial charge in [0.15, 0.2) is 6.29 Å². The lowest BCUT2D eigenvalue weighted by molar-refractivity contribution is 0.112. The van der Waals surface area contributed by atoms with Crippen molar-refractivity contribution in [1.82, 2.24) is 0 Å². The fourth-order valence-corrected chi connectivity index (χ4v) is 2.18. The molecule has 0 N–H and O–H groups in total. The van der Waals surface area contributed by atoms with Gasteiger partial charge >= 0.3 is 0 Å². The lowest BCUT2D eigenvalue weighted by Gasteiger charge is -2.00. The Kier molecular flexibility index (Phi) is 2.46. The van der Waals surface area contributed by atoms with Crippen molar-refractivity contribution >= 4 is 17.6 Å². The molecule has 0 aliphatic heterocycles. The Morgan fingerprint density at radius 3 is 2.86 bits per heavy atom. The molecule has 0 saturated carbocycles. The highest BCUT2D eigenvalue weighted by Crippen LogP contribution is 2.27. The average molecular weight is 202 g/mol. The monoisotopic (exact) mass is 202 g/mol. The van der Waals surface area contributed by atoms with Gasteiger partial charge in [0.1, 0.15) is 0 Å². The fourth-order valence-electron chi connectivity index (χ4n) is 1.46. The van der Waals surface area contributed by atoms with Crippen LogP contribution in [0.3, 0.4) is 0 Å². The van der Waals surface area contributed by atoms with Crippen LogP contribution in [0.5, 0.6) is 0 Å². The van der Waals surface area contributed by atoms with Crippen molar-refractivity contribution < 1.29 is 4.79 Å². The Balaban J connectivity index is 2.54. The predicted octanol–water partition coefficient (Wildman–Crippen LogP) is 3.54.